The maximum absolute atomic E-state index is 13.6. The number of Topliss-reactive ketones (excluding diaryl/α,β-unsaturated/α-hetero) is 1. The number of carbonyl (C=O) groups excluding carboxylic acids is 4. The summed E-state index contributed by atoms with van der Waals surface area (Å²) in [5.74, 6) is -0.549. The van der Waals surface area contributed by atoms with Crippen molar-refractivity contribution in [2.45, 2.75) is 105 Å². The van der Waals surface area contributed by atoms with Gasteiger partial charge in [-0.2, -0.15) is 0 Å². The lowest BCUT2D eigenvalue weighted by Gasteiger charge is -2.61. The molecule has 1 unspecified atom stereocenters. The largest absolute Gasteiger partial charge is 0.463 e. The molecule has 0 amide bonds. The van der Waals surface area contributed by atoms with Gasteiger partial charge in [0.05, 0.1) is 0 Å². The molecule has 4 aliphatic carbocycles. The van der Waals surface area contributed by atoms with Gasteiger partial charge in [-0.15, -0.1) is 6.58 Å². The van der Waals surface area contributed by atoms with Crippen LogP contribution in [0.2, 0.25) is 0 Å². The fourth-order valence-corrected chi connectivity index (χ4v) is 8.63. The van der Waals surface area contributed by atoms with Gasteiger partial charge in [-0.25, -0.2) is 0 Å². The van der Waals surface area contributed by atoms with E-state index in [-0.39, 0.29) is 46.9 Å². The summed E-state index contributed by atoms with van der Waals surface area (Å²) in [5, 5.41) is 0. The molecule has 6 nitrogen and oxygen atoms in total. The van der Waals surface area contributed by atoms with Crippen molar-refractivity contribution < 1.29 is 28.7 Å². The third-order valence-electron chi connectivity index (χ3n) is 10.5. The Labute approximate surface area is 221 Å². The zero-order valence-electron chi connectivity index (χ0n) is 23.4. The fraction of sp³-hybridized carbons (Fsp3) is 0.742. The number of hydrogen-bond donors (Lipinski definition) is 0. The first-order valence-electron chi connectivity index (χ1n) is 14.1. The molecule has 0 aromatic carbocycles. The maximum Gasteiger partial charge on any atom is 0.302 e. The van der Waals surface area contributed by atoms with E-state index in [1.165, 1.54) is 13.8 Å². The lowest BCUT2D eigenvalue weighted by molar-refractivity contribution is -0.173. The van der Waals surface area contributed by atoms with E-state index in [4.69, 9.17) is 9.47 Å². The monoisotopic (exact) mass is 512 g/mol. The first-order chi connectivity index (χ1) is 17.3. The smallest absolute Gasteiger partial charge is 0.302 e. The number of ether oxygens (including phenoxy) is 2. The van der Waals surface area contributed by atoms with Gasteiger partial charge in [0.1, 0.15) is 18.0 Å². The molecule has 0 heterocycles. The molecule has 4 aliphatic rings. The first-order valence-corrected chi connectivity index (χ1v) is 14.1. The molecule has 204 valence electrons. The molecular formula is C31H44O6. The summed E-state index contributed by atoms with van der Waals surface area (Å²) in [6.45, 7) is 15.0. The van der Waals surface area contributed by atoms with Gasteiger partial charge in [0.2, 0.25) is 0 Å². The molecule has 0 aromatic rings. The maximum atomic E-state index is 13.6. The Balaban J connectivity index is 1.66. The molecule has 6 heteroatoms. The van der Waals surface area contributed by atoms with Crippen LogP contribution in [0.1, 0.15) is 92.9 Å². The van der Waals surface area contributed by atoms with Crippen LogP contribution in [-0.4, -0.2) is 35.7 Å². The summed E-state index contributed by atoms with van der Waals surface area (Å²) in [5.41, 5.74) is 1.38. The van der Waals surface area contributed by atoms with E-state index in [9.17, 15) is 19.2 Å². The predicted octanol–water partition coefficient (Wildman–Crippen LogP) is 5.78. The Morgan fingerprint density at radius 2 is 1.70 bits per heavy atom. The highest BCUT2D eigenvalue weighted by Crippen LogP contribution is 2.66. The van der Waals surface area contributed by atoms with Crippen LogP contribution in [-0.2, 0) is 28.7 Å². The Hall–Kier alpha value is -2.24. The van der Waals surface area contributed by atoms with E-state index in [0.29, 0.717) is 25.2 Å². The number of carbonyl (C=O) groups is 4. The summed E-state index contributed by atoms with van der Waals surface area (Å²) in [4.78, 5) is 50.7. The minimum atomic E-state index is -0.680. The van der Waals surface area contributed by atoms with Crippen molar-refractivity contribution in [1.82, 2.24) is 0 Å². The van der Waals surface area contributed by atoms with Crippen LogP contribution in [0.3, 0.4) is 0 Å². The van der Waals surface area contributed by atoms with Crippen molar-refractivity contribution in [3.63, 3.8) is 0 Å². The average molecular weight is 513 g/mol. The van der Waals surface area contributed by atoms with Crippen molar-refractivity contribution in [2.24, 2.45) is 40.4 Å². The number of fused-ring (bicyclic) bond motifs is 5. The SMILES string of the molecule is C=C(C)CCC(=O)[C@@H](C)[C@H]1C(=O)C=C2[C@@H]3CCC4C[C@@H](OC(C)=O)CC[C@]4(C)[C@H]3C[C@H](OC(C)=O)[C@@]21C. The van der Waals surface area contributed by atoms with Crippen LogP contribution in [0.4, 0.5) is 0 Å². The molecular weight excluding hydrogens is 468 g/mol. The highest BCUT2D eigenvalue weighted by molar-refractivity contribution is 6.00. The van der Waals surface area contributed by atoms with Gasteiger partial charge in [0.25, 0.3) is 0 Å². The van der Waals surface area contributed by atoms with E-state index in [1.807, 2.05) is 19.9 Å². The molecule has 3 fully saturated rings. The topological polar surface area (TPSA) is 86.7 Å². The molecule has 0 spiro atoms. The summed E-state index contributed by atoms with van der Waals surface area (Å²) in [6, 6.07) is 0. The molecule has 37 heavy (non-hydrogen) atoms. The van der Waals surface area contributed by atoms with E-state index in [1.54, 1.807) is 0 Å². The van der Waals surface area contributed by atoms with Crippen molar-refractivity contribution in [2.75, 3.05) is 0 Å². The van der Waals surface area contributed by atoms with Crippen molar-refractivity contribution >= 4 is 23.5 Å². The summed E-state index contributed by atoms with van der Waals surface area (Å²) < 4.78 is 11.6. The molecule has 0 aromatic heterocycles. The second kappa shape index (κ2) is 10.1. The number of allylic oxidation sites excluding steroid dienone is 2. The Morgan fingerprint density at radius 1 is 1.03 bits per heavy atom. The second-order valence-electron chi connectivity index (χ2n) is 12.8. The van der Waals surface area contributed by atoms with Gasteiger partial charge >= 0.3 is 11.9 Å². The lowest BCUT2D eigenvalue weighted by atomic mass is 9.45. The second-order valence-corrected chi connectivity index (χ2v) is 12.8. The number of hydrogen-bond acceptors (Lipinski definition) is 6. The van der Waals surface area contributed by atoms with Crippen LogP contribution in [0.5, 0.6) is 0 Å². The van der Waals surface area contributed by atoms with E-state index >= 15 is 0 Å². The van der Waals surface area contributed by atoms with Gasteiger partial charge in [0, 0.05) is 37.5 Å². The Morgan fingerprint density at radius 3 is 2.32 bits per heavy atom. The van der Waals surface area contributed by atoms with Crippen molar-refractivity contribution in [3.05, 3.63) is 23.8 Å². The molecule has 0 aliphatic heterocycles. The van der Waals surface area contributed by atoms with Crippen molar-refractivity contribution in [1.29, 1.82) is 0 Å². The van der Waals surface area contributed by atoms with Crippen LogP contribution in [0, 0.1) is 40.4 Å². The summed E-state index contributed by atoms with van der Waals surface area (Å²) >= 11 is 0. The third kappa shape index (κ3) is 4.85. The predicted molar refractivity (Wildman–Crippen MR) is 140 cm³/mol. The molecule has 0 radical (unpaired) electrons. The van der Waals surface area contributed by atoms with Crippen LogP contribution < -0.4 is 0 Å². The Bertz CT molecular complexity index is 1020. The summed E-state index contributed by atoms with van der Waals surface area (Å²) in [7, 11) is 0. The minimum absolute atomic E-state index is 0.00248. The standard InChI is InChI=1S/C31H44O6/c1-17(2)8-11-26(34)18(3)29-27(35)15-25-23-10-9-21-14-22(36-19(4)32)12-13-30(21,6)24(23)16-28(31(25,29)7)37-20(5)33/h15,18,21-24,28-29H,1,8-14,16H2,2-7H3/t18-,21?,22+,23-,24+,28+,29+,30+,31-/m1/s1. The van der Waals surface area contributed by atoms with Crippen molar-refractivity contribution in [3.8, 4) is 0 Å². The number of ketones is 2. The molecule has 9 atom stereocenters. The zero-order chi connectivity index (χ0) is 27.3. The Kier molecular flexibility index (Phi) is 7.62. The lowest BCUT2D eigenvalue weighted by Crippen LogP contribution is -2.58. The number of esters is 2. The molecule has 4 rings (SSSR count). The van der Waals surface area contributed by atoms with Crippen LogP contribution >= 0.6 is 0 Å². The highest BCUT2D eigenvalue weighted by atomic mass is 16.5. The third-order valence-corrected chi connectivity index (χ3v) is 10.5. The van der Waals surface area contributed by atoms with Gasteiger partial charge < -0.3 is 9.47 Å². The normalized spacial score (nSPS) is 39.4. The van der Waals surface area contributed by atoms with E-state index in [0.717, 1.165) is 43.3 Å². The first kappa shape index (κ1) is 27.8. The fourth-order valence-electron chi connectivity index (χ4n) is 8.63. The van der Waals surface area contributed by atoms with Gasteiger partial charge in [0.15, 0.2) is 5.78 Å². The molecule has 3 saturated carbocycles. The molecule has 0 N–H and O–H groups in total. The quantitative estimate of drug-likeness (QED) is 0.317. The van der Waals surface area contributed by atoms with Gasteiger partial charge in [-0.3, -0.25) is 19.2 Å². The zero-order valence-corrected chi connectivity index (χ0v) is 23.4. The average Bonchev–Trinajstić information content (AvgIpc) is 3.08. The van der Waals surface area contributed by atoms with E-state index in [2.05, 4.69) is 20.4 Å². The summed E-state index contributed by atoms with van der Waals surface area (Å²) in [6.07, 6.45) is 7.64. The van der Waals surface area contributed by atoms with Gasteiger partial charge in [-0.05, 0) is 81.1 Å². The van der Waals surface area contributed by atoms with Crippen LogP contribution in [0.25, 0.3) is 0 Å². The molecule has 0 saturated heterocycles. The van der Waals surface area contributed by atoms with Crippen LogP contribution in [0.15, 0.2) is 23.8 Å². The number of rotatable bonds is 7. The van der Waals surface area contributed by atoms with E-state index < -0.39 is 23.4 Å². The molecule has 0 bridgehead atoms. The highest BCUT2D eigenvalue weighted by Gasteiger charge is 2.64. The van der Waals surface area contributed by atoms with Gasteiger partial charge in [-0.1, -0.05) is 31.9 Å². The minimum Gasteiger partial charge on any atom is -0.463 e.